The smallest absolute Gasteiger partial charge is 0.414 e. The van der Waals surface area contributed by atoms with Crippen molar-refractivity contribution in [3.05, 3.63) is 5.89 Å². The summed E-state index contributed by atoms with van der Waals surface area (Å²) >= 11 is 0. The van der Waals surface area contributed by atoms with E-state index in [4.69, 9.17) is 13.9 Å². The van der Waals surface area contributed by atoms with Crippen molar-refractivity contribution in [3.63, 3.8) is 0 Å². The first-order valence-corrected chi connectivity index (χ1v) is 5.73. The van der Waals surface area contributed by atoms with Gasteiger partial charge in [0, 0.05) is 6.61 Å². The summed E-state index contributed by atoms with van der Waals surface area (Å²) in [6.45, 7) is -2.44. The largest absolute Gasteiger partial charge is 0.447 e. The SMILES string of the molecule is FC(F)OCCOc1nnc([C@H]2CCCCO2)o1. The van der Waals surface area contributed by atoms with Crippen molar-refractivity contribution < 1.29 is 27.4 Å². The molecule has 0 N–H and O–H groups in total. The Morgan fingerprint density at radius 3 is 2.89 bits per heavy atom. The molecule has 0 radical (unpaired) electrons. The molecular weight excluding hydrogens is 250 g/mol. The number of halogens is 2. The van der Waals surface area contributed by atoms with E-state index in [1.807, 2.05) is 0 Å². The second-order valence-corrected chi connectivity index (χ2v) is 3.74. The molecule has 0 bridgehead atoms. The van der Waals surface area contributed by atoms with Crippen molar-refractivity contribution in [3.8, 4) is 6.08 Å². The zero-order chi connectivity index (χ0) is 12.8. The van der Waals surface area contributed by atoms with Gasteiger partial charge in [0.25, 0.3) is 0 Å². The van der Waals surface area contributed by atoms with Crippen LogP contribution in [0.2, 0.25) is 0 Å². The van der Waals surface area contributed by atoms with Crippen LogP contribution < -0.4 is 4.74 Å². The summed E-state index contributed by atoms with van der Waals surface area (Å²) in [4.78, 5) is 0. The summed E-state index contributed by atoms with van der Waals surface area (Å²) in [5.74, 6) is 0.361. The molecule has 2 rings (SSSR count). The topological polar surface area (TPSA) is 66.6 Å². The molecule has 2 heterocycles. The molecule has 1 fully saturated rings. The average Bonchev–Trinajstić information content (AvgIpc) is 2.84. The summed E-state index contributed by atoms with van der Waals surface area (Å²) in [5, 5.41) is 7.44. The van der Waals surface area contributed by atoms with E-state index < -0.39 is 6.61 Å². The van der Waals surface area contributed by atoms with Crippen molar-refractivity contribution in [2.75, 3.05) is 19.8 Å². The minimum absolute atomic E-state index is 0.0583. The molecule has 1 atom stereocenters. The van der Waals surface area contributed by atoms with Gasteiger partial charge in [-0.15, -0.1) is 5.10 Å². The Morgan fingerprint density at radius 2 is 2.17 bits per heavy atom. The number of alkyl halides is 2. The molecule has 0 aromatic carbocycles. The molecule has 1 aliphatic heterocycles. The van der Waals surface area contributed by atoms with Crippen LogP contribution in [0.1, 0.15) is 31.3 Å². The van der Waals surface area contributed by atoms with Gasteiger partial charge in [0.05, 0.1) is 6.61 Å². The normalized spacial score (nSPS) is 20.3. The summed E-state index contributed by atoms with van der Waals surface area (Å²) in [6, 6.07) is 0. The monoisotopic (exact) mass is 264 g/mol. The van der Waals surface area contributed by atoms with E-state index in [1.165, 1.54) is 0 Å². The van der Waals surface area contributed by atoms with E-state index in [1.54, 1.807) is 0 Å². The van der Waals surface area contributed by atoms with Crippen LogP contribution in [-0.2, 0) is 9.47 Å². The number of nitrogens with zero attached hydrogens (tertiary/aromatic N) is 2. The molecule has 6 nitrogen and oxygen atoms in total. The Balaban J connectivity index is 1.75. The molecule has 0 spiro atoms. The van der Waals surface area contributed by atoms with Crippen molar-refractivity contribution in [1.29, 1.82) is 0 Å². The van der Waals surface area contributed by atoms with Crippen molar-refractivity contribution in [2.45, 2.75) is 32.0 Å². The van der Waals surface area contributed by atoms with Gasteiger partial charge >= 0.3 is 12.7 Å². The third kappa shape index (κ3) is 3.88. The van der Waals surface area contributed by atoms with Crippen LogP contribution in [0.4, 0.5) is 8.78 Å². The Morgan fingerprint density at radius 1 is 1.28 bits per heavy atom. The second kappa shape index (κ2) is 6.60. The van der Waals surface area contributed by atoms with E-state index in [0.29, 0.717) is 12.5 Å². The first-order chi connectivity index (χ1) is 8.75. The van der Waals surface area contributed by atoms with Gasteiger partial charge in [-0.1, -0.05) is 5.10 Å². The minimum Gasteiger partial charge on any atom is -0.447 e. The molecule has 0 saturated carbocycles. The van der Waals surface area contributed by atoms with Crippen LogP contribution in [0.3, 0.4) is 0 Å². The highest BCUT2D eigenvalue weighted by Gasteiger charge is 2.22. The molecule has 0 amide bonds. The lowest BCUT2D eigenvalue weighted by atomic mass is 10.1. The number of ether oxygens (including phenoxy) is 3. The molecule has 1 saturated heterocycles. The van der Waals surface area contributed by atoms with E-state index in [2.05, 4.69) is 14.9 Å². The van der Waals surface area contributed by atoms with E-state index in [-0.39, 0.29) is 25.4 Å². The number of aromatic nitrogens is 2. The third-order valence-corrected chi connectivity index (χ3v) is 2.43. The predicted octanol–water partition coefficient (Wildman–Crippen LogP) is 1.93. The van der Waals surface area contributed by atoms with Gasteiger partial charge in [0.1, 0.15) is 12.7 Å². The molecule has 1 aromatic rings. The first kappa shape index (κ1) is 13.2. The van der Waals surface area contributed by atoms with Gasteiger partial charge in [-0.2, -0.15) is 8.78 Å². The van der Waals surface area contributed by atoms with Gasteiger partial charge in [0.2, 0.25) is 5.89 Å². The Hall–Kier alpha value is -1.28. The van der Waals surface area contributed by atoms with Gasteiger partial charge < -0.3 is 18.6 Å². The summed E-state index contributed by atoms with van der Waals surface area (Å²) in [6.07, 6.45) is 2.65. The standard InChI is InChI=1S/C10H14F2N2O4/c11-9(12)16-5-6-17-10-14-13-8(18-10)7-3-1-2-4-15-7/h7,9H,1-6H2/t7-/m1/s1. The summed E-state index contributed by atoms with van der Waals surface area (Å²) in [5.41, 5.74) is 0. The highest BCUT2D eigenvalue weighted by atomic mass is 19.3. The molecule has 0 unspecified atom stereocenters. The van der Waals surface area contributed by atoms with Crippen LogP contribution in [0.25, 0.3) is 0 Å². The molecule has 8 heteroatoms. The first-order valence-electron chi connectivity index (χ1n) is 5.73. The fourth-order valence-corrected chi connectivity index (χ4v) is 1.61. The van der Waals surface area contributed by atoms with Gasteiger partial charge in [0.15, 0.2) is 0 Å². The highest BCUT2D eigenvalue weighted by molar-refractivity contribution is 4.91. The number of hydrogen-bond acceptors (Lipinski definition) is 6. The van der Waals surface area contributed by atoms with E-state index >= 15 is 0 Å². The predicted molar refractivity (Wildman–Crippen MR) is 54.3 cm³/mol. The van der Waals surface area contributed by atoms with Gasteiger partial charge in [-0.25, -0.2) is 0 Å². The zero-order valence-corrected chi connectivity index (χ0v) is 9.68. The lowest BCUT2D eigenvalue weighted by Crippen LogP contribution is -2.11. The summed E-state index contributed by atoms with van der Waals surface area (Å²) in [7, 11) is 0. The van der Waals surface area contributed by atoms with E-state index in [9.17, 15) is 8.78 Å². The maximum absolute atomic E-state index is 11.7. The van der Waals surface area contributed by atoms with Gasteiger partial charge in [-0.05, 0) is 19.3 Å². The maximum Gasteiger partial charge on any atom is 0.414 e. The lowest BCUT2D eigenvalue weighted by Gasteiger charge is -2.18. The average molecular weight is 264 g/mol. The quantitative estimate of drug-likeness (QED) is 0.731. The Bertz CT molecular complexity index is 355. The summed E-state index contributed by atoms with van der Waals surface area (Å²) < 4.78 is 43.0. The third-order valence-electron chi connectivity index (χ3n) is 2.43. The Labute approximate surface area is 102 Å². The van der Waals surface area contributed by atoms with E-state index in [0.717, 1.165) is 19.3 Å². The fourth-order valence-electron chi connectivity index (χ4n) is 1.61. The molecule has 102 valence electrons. The molecule has 1 aliphatic rings. The molecule has 18 heavy (non-hydrogen) atoms. The van der Waals surface area contributed by atoms with Gasteiger partial charge in [-0.3, -0.25) is 0 Å². The lowest BCUT2D eigenvalue weighted by molar-refractivity contribution is -0.134. The molecular formula is C10H14F2N2O4. The maximum atomic E-state index is 11.7. The highest BCUT2D eigenvalue weighted by Crippen LogP contribution is 2.27. The Kier molecular flexibility index (Phi) is 4.82. The number of hydrogen-bond donors (Lipinski definition) is 0. The number of rotatable bonds is 6. The molecule has 0 aliphatic carbocycles. The second-order valence-electron chi connectivity index (χ2n) is 3.74. The van der Waals surface area contributed by atoms with Crippen LogP contribution in [0.5, 0.6) is 6.08 Å². The van der Waals surface area contributed by atoms with Crippen LogP contribution >= 0.6 is 0 Å². The zero-order valence-electron chi connectivity index (χ0n) is 9.68. The minimum atomic E-state index is -2.80. The van der Waals surface area contributed by atoms with Crippen LogP contribution in [-0.4, -0.2) is 36.6 Å². The van der Waals surface area contributed by atoms with Crippen molar-refractivity contribution in [2.24, 2.45) is 0 Å². The van der Waals surface area contributed by atoms with Crippen molar-refractivity contribution >= 4 is 0 Å². The fraction of sp³-hybridized carbons (Fsp3) is 0.800. The molecule has 1 aromatic heterocycles. The van der Waals surface area contributed by atoms with Crippen LogP contribution in [0, 0.1) is 0 Å². The van der Waals surface area contributed by atoms with Crippen LogP contribution in [0.15, 0.2) is 4.42 Å². The van der Waals surface area contributed by atoms with Crippen molar-refractivity contribution in [1.82, 2.24) is 10.2 Å².